The van der Waals surface area contributed by atoms with Crippen molar-refractivity contribution in [2.24, 2.45) is 0 Å². The molecule has 3 amide bonds. The Bertz CT molecular complexity index is 965. The van der Waals surface area contributed by atoms with Crippen molar-refractivity contribution in [2.75, 3.05) is 26.3 Å². The minimum atomic E-state index is -1.33. The molecule has 8 nitrogen and oxygen atoms in total. The van der Waals surface area contributed by atoms with Gasteiger partial charge in [-0.3, -0.25) is 4.79 Å². The second kappa shape index (κ2) is 15.4. The van der Waals surface area contributed by atoms with Gasteiger partial charge >= 0.3 is 35.6 Å². The minimum absolute atomic E-state index is 0. The summed E-state index contributed by atoms with van der Waals surface area (Å²) in [6.07, 6.45) is 3.79. The maximum absolute atomic E-state index is 13.3. The SMILES string of the molecule is O=C([O-])/C=C/C(CCc1ccccc1)NC(=O)[C@H](Cc1ccccc1)NC(=O)N1CCOCC1.[Na+]. The number of carbonyl (C=O) groups excluding carboxylic acids is 3. The molecule has 180 valence electrons. The van der Waals surface area contributed by atoms with Gasteiger partial charge in [-0.15, -0.1) is 0 Å². The van der Waals surface area contributed by atoms with Crippen molar-refractivity contribution in [3.05, 3.63) is 83.9 Å². The Kier molecular flexibility index (Phi) is 12.6. The molecule has 0 bridgehead atoms. The van der Waals surface area contributed by atoms with Crippen LogP contribution >= 0.6 is 0 Å². The Morgan fingerprint density at radius 2 is 1.54 bits per heavy atom. The van der Waals surface area contributed by atoms with Gasteiger partial charge in [0, 0.05) is 25.6 Å². The van der Waals surface area contributed by atoms with E-state index < -0.39 is 18.1 Å². The molecule has 1 aliphatic heterocycles. The van der Waals surface area contributed by atoms with Gasteiger partial charge in [0.15, 0.2) is 0 Å². The third-order valence-corrected chi connectivity index (χ3v) is 5.57. The quantitative estimate of drug-likeness (QED) is 0.300. The summed E-state index contributed by atoms with van der Waals surface area (Å²) in [5.41, 5.74) is 1.97. The number of hydrogen-bond donors (Lipinski definition) is 2. The molecule has 1 aliphatic rings. The average Bonchev–Trinajstić information content (AvgIpc) is 2.86. The number of carboxylic acid groups (broad SMARTS) is 1. The molecule has 0 saturated carbocycles. The summed E-state index contributed by atoms with van der Waals surface area (Å²) in [4.78, 5) is 38.7. The maximum Gasteiger partial charge on any atom is 1.00 e. The fourth-order valence-electron chi connectivity index (χ4n) is 3.73. The van der Waals surface area contributed by atoms with Crippen LogP contribution in [0.4, 0.5) is 4.79 Å². The number of rotatable bonds is 10. The number of nitrogens with zero attached hydrogens (tertiary/aromatic N) is 1. The van der Waals surface area contributed by atoms with Crippen molar-refractivity contribution < 1.29 is 53.8 Å². The molecular weight excluding hydrogens is 457 g/mol. The maximum atomic E-state index is 13.3. The van der Waals surface area contributed by atoms with Gasteiger partial charge in [-0.2, -0.15) is 0 Å². The molecule has 0 spiro atoms. The van der Waals surface area contributed by atoms with E-state index in [4.69, 9.17) is 4.74 Å². The Labute approximate surface area is 228 Å². The second-order valence-electron chi connectivity index (χ2n) is 8.11. The molecule has 2 atom stereocenters. The summed E-state index contributed by atoms with van der Waals surface area (Å²) >= 11 is 0. The number of morpholine rings is 1. The van der Waals surface area contributed by atoms with E-state index in [-0.39, 0.29) is 41.5 Å². The number of carbonyl (C=O) groups is 3. The first-order chi connectivity index (χ1) is 16.5. The van der Waals surface area contributed by atoms with Crippen LogP contribution in [0.3, 0.4) is 0 Å². The van der Waals surface area contributed by atoms with Crippen LogP contribution in [0.25, 0.3) is 0 Å². The Balaban J connectivity index is 0.00000432. The number of nitrogens with one attached hydrogen (secondary N) is 2. The van der Waals surface area contributed by atoms with Crippen LogP contribution < -0.4 is 45.3 Å². The molecule has 0 aliphatic carbocycles. The van der Waals surface area contributed by atoms with Crippen molar-refractivity contribution in [1.82, 2.24) is 15.5 Å². The molecule has 2 aromatic carbocycles. The molecule has 1 saturated heterocycles. The molecule has 35 heavy (non-hydrogen) atoms. The van der Waals surface area contributed by atoms with Crippen molar-refractivity contribution in [3.8, 4) is 0 Å². The van der Waals surface area contributed by atoms with Gasteiger partial charge in [-0.05, 0) is 30.0 Å². The first-order valence-electron chi connectivity index (χ1n) is 11.4. The topological polar surface area (TPSA) is 111 Å². The molecule has 0 aromatic heterocycles. The van der Waals surface area contributed by atoms with Gasteiger partial charge in [0.05, 0.1) is 19.2 Å². The van der Waals surface area contributed by atoms with Gasteiger partial charge in [-0.25, -0.2) is 4.79 Å². The van der Waals surface area contributed by atoms with Crippen LogP contribution in [0.15, 0.2) is 72.8 Å². The normalized spacial score (nSPS) is 15.0. The summed E-state index contributed by atoms with van der Waals surface area (Å²) in [5.74, 6) is -1.72. The Hall–Kier alpha value is -2.65. The van der Waals surface area contributed by atoms with E-state index in [9.17, 15) is 19.5 Å². The largest absolute Gasteiger partial charge is 1.00 e. The van der Waals surface area contributed by atoms with Gasteiger partial charge in [-0.1, -0.05) is 66.7 Å². The van der Waals surface area contributed by atoms with E-state index in [0.29, 0.717) is 45.6 Å². The van der Waals surface area contributed by atoms with Crippen LogP contribution in [0.5, 0.6) is 0 Å². The smallest absolute Gasteiger partial charge is 0.545 e. The fraction of sp³-hybridized carbons (Fsp3) is 0.346. The molecule has 1 unspecified atom stereocenters. The number of ether oxygens (including phenoxy) is 1. The van der Waals surface area contributed by atoms with Gasteiger partial charge in [0.2, 0.25) is 5.91 Å². The van der Waals surface area contributed by atoms with E-state index in [0.717, 1.165) is 17.2 Å². The monoisotopic (exact) mass is 487 g/mol. The predicted molar refractivity (Wildman–Crippen MR) is 126 cm³/mol. The molecule has 1 heterocycles. The van der Waals surface area contributed by atoms with Gasteiger partial charge in [0.25, 0.3) is 0 Å². The van der Waals surface area contributed by atoms with Crippen LogP contribution in [0, 0.1) is 0 Å². The van der Waals surface area contributed by atoms with E-state index >= 15 is 0 Å². The molecule has 2 N–H and O–H groups in total. The number of benzene rings is 2. The van der Waals surface area contributed by atoms with Crippen molar-refractivity contribution >= 4 is 17.9 Å². The summed E-state index contributed by atoms with van der Waals surface area (Å²) in [6, 6.07) is 17.5. The summed E-state index contributed by atoms with van der Waals surface area (Å²) in [5, 5.41) is 16.7. The van der Waals surface area contributed by atoms with Gasteiger partial charge < -0.3 is 30.2 Å². The third-order valence-electron chi connectivity index (χ3n) is 5.57. The average molecular weight is 488 g/mol. The van der Waals surface area contributed by atoms with Crippen molar-refractivity contribution in [3.63, 3.8) is 0 Å². The third kappa shape index (κ3) is 10.2. The zero-order valence-electron chi connectivity index (χ0n) is 20.0. The number of hydrogen-bond acceptors (Lipinski definition) is 5. The van der Waals surface area contributed by atoms with E-state index in [2.05, 4.69) is 10.6 Å². The van der Waals surface area contributed by atoms with E-state index in [1.165, 1.54) is 6.08 Å². The van der Waals surface area contributed by atoms with Gasteiger partial charge in [0.1, 0.15) is 6.04 Å². The fourth-order valence-corrected chi connectivity index (χ4v) is 3.73. The zero-order chi connectivity index (χ0) is 24.2. The molecule has 9 heteroatoms. The molecule has 3 rings (SSSR count). The van der Waals surface area contributed by atoms with E-state index in [1.807, 2.05) is 60.7 Å². The van der Waals surface area contributed by atoms with Crippen LogP contribution in [-0.2, 0) is 27.2 Å². The van der Waals surface area contributed by atoms with Crippen LogP contribution in [-0.4, -0.2) is 61.2 Å². The first kappa shape index (κ1) is 28.6. The number of carboxylic acids is 1. The van der Waals surface area contributed by atoms with Crippen LogP contribution in [0.2, 0.25) is 0 Å². The molecule has 2 aromatic rings. The minimum Gasteiger partial charge on any atom is -0.545 e. The number of urea groups is 1. The Morgan fingerprint density at radius 1 is 0.943 bits per heavy atom. The first-order valence-corrected chi connectivity index (χ1v) is 11.4. The Morgan fingerprint density at radius 3 is 2.14 bits per heavy atom. The molecule has 0 radical (unpaired) electrons. The number of amides is 3. The standard InChI is InChI=1S/C26H31N3O5.Na/c30-24(31)14-13-22(12-11-20-7-3-1-4-8-20)27-25(32)23(19-21-9-5-2-6-10-21)28-26(33)29-15-17-34-18-16-29;/h1-10,13-14,22-23H,11-12,15-19H2,(H,27,32)(H,28,33)(H,30,31);/q;+1/p-1/b14-13+;/t22?,23-;/m0./s1. The number of aliphatic carboxylic acids is 1. The molecule has 1 fully saturated rings. The van der Waals surface area contributed by atoms with Crippen LogP contribution in [0.1, 0.15) is 17.5 Å². The molecular formula is C26H30N3NaO5. The number of aryl methyl sites for hydroxylation is 1. The summed E-state index contributed by atoms with van der Waals surface area (Å²) in [6.45, 7) is 1.83. The van der Waals surface area contributed by atoms with E-state index in [1.54, 1.807) is 4.90 Å². The van der Waals surface area contributed by atoms with Crippen molar-refractivity contribution in [1.29, 1.82) is 0 Å². The summed E-state index contributed by atoms with van der Waals surface area (Å²) in [7, 11) is 0. The van der Waals surface area contributed by atoms with Crippen molar-refractivity contribution in [2.45, 2.75) is 31.3 Å². The summed E-state index contributed by atoms with van der Waals surface area (Å²) < 4.78 is 5.30. The predicted octanol–water partition coefficient (Wildman–Crippen LogP) is -1.93. The zero-order valence-corrected chi connectivity index (χ0v) is 22.0. The second-order valence-corrected chi connectivity index (χ2v) is 8.11.